The van der Waals surface area contributed by atoms with E-state index in [9.17, 15) is 5.11 Å². The van der Waals surface area contributed by atoms with Gasteiger partial charge in [0.25, 0.3) is 0 Å². The van der Waals surface area contributed by atoms with Crippen LogP contribution in [0, 0.1) is 0 Å². The number of hydrogen-bond donors (Lipinski definition) is 2. The Kier molecular flexibility index (Phi) is 3.07. The number of nitrogens with one attached hydrogen (secondary N) is 1. The van der Waals surface area contributed by atoms with E-state index in [-0.39, 0.29) is 12.1 Å². The molecular weight excluding hydrogens is 190 g/mol. The van der Waals surface area contributed by atoms with Gasteiger partial charge in [0.05, 0.1) is 6.61 Å². The Labute approximate surface area is 90.3 Å². The summed E-state index contributed by atoms with van der Waals surface area (Å²) in [5.41, 5.74) is 1.26. The van der Waals surface area contributed by atoms with Gasteiger partial charge in [-0.3, -0.25) is 4.68 Å². The molecule has 15 heavy (non-hydrogen) atoms. The maximum Gasteiger partial charge on any atom is 0.0613 e. The van der Waals surface area contributed by atoms with Crippen molar-refractivity contribution in [2.45, 2.75) is 31.2 Å². The van der Waals surface area contributed by atoms with E-state index < -0.39 is 0 Å². The smallest absolute Gasteiger partial charge is 0.0613 e. The number of aryl methyl sites for hydroxylation is 1. The van der Waals surface area contributed by atoms with E-state index in [1.165, 1.54) is 12.1 Å². The fourth-order valence-corrected chi connectivity index (χ4v) is 2.10. The van der Waals surface area contributed by atoms with E-state index >= 15 is 0 Å². The average molecular weight is 209 g/mol. The van der Waals surface area contributed by atoms with Gasteiger partial charge in [-0.2, -0.15) is 5.10 Å². The Bertz CT molecular complexity index is 312. The molecule has 1 saturated carbocycles. The number of hydrogen-bond acceptors (Lipinski definition) is 3. The number of aliphatic hydroxyl groups excluding tert-OH is 1. The van der Waals surface area contributed by atoms with Gasteiger partial charge < -0.3 is 10.4 Å². The van der Waals surface area contributed by atoms with Gasteiger partial charge in [-0.05, 0) is 25.3 Å². The zero-order valence-electron chi connectivity index (χ0n) is 9.24. The number of nitrogens with zero attached hydrogens (tertiary/aromatic N) is 2. The molecule has 84 valence electrons. The summed E-state index contributed by atoms with van der Waals surface area (Å²) in [6.45, 7) is 1.18. The van der Waals surface area contributed by atoms with Crippen LogP contribution in [0.3, 0.4) is 0 Å². The predicted molar refractivity (Wildman–Crippen MR) is 58.6 cm³/mol. The second-order valence-electron chi connectivity index (χ2n) is 4.41. The topological polar surface area (TPSA) is 50.1 Å². The Balaban J connectivity index is 1.77. The molecule has 1 aliphatic rings. The summed E-state index contributed by atoms with van der Waals surface area (Å²) in [5, 5.41) is 16.9. The van der Waals surface area contributed by atoms with E-state index in [1.54, 1.807) is 0 Å². The standard InChI is InChI=1S/C11H19N3O/c1-14-10(4-8-13-14)3-7-12-11(9-15)5-2-6-11/h4,8,12,15H,2-3,5-7,9H2,1H3. The molecule has 1 aliphatic carbocycles. The second kappa shape index (κ2) is 4.33. The fraction of sp³-hybridized carbons (Fsp3) is 0.727. The van der Waals surface area contributed by atoms with E-state index in [0.29, 0.717) is 0 Å². The highest BCUT2D eigenvalue weighted by Gasteiger charge is 2.35. The van der Waals surface area contributed by atoms with Crippen LogP contribution in [-0.4, -0.2) is 33.6 Å². The third-order valence-electron chi connectivity index (χ3n) is 3.42. The lowest BCUT2D eigenvalue weighted by Crippen LogP contribution is -2.54. The largest absolute Gasteiger partial charge is 0.394 e. The Hall–Kier alpha value is -0.870. The van der Waals surface area contributed by atoms with Gasteiger partial charge in [0.2, 0.25) is 0 Å². The fourth-order valence-electron chi connectivity index (χ4n) is 2.10. The van der Waals surface area contributed by atoms with E-state index in [1.807, 2.05) is 24.0 Å². The minimum absolute atomic E-state index is 0.0264. The van der Waals surface area contributed by atoms with Crippen LogP contribution in [-0.2, 0) is 13.5 Å². The quantitative estimate of drug-likeness (QED) is 0.741. The first kappa shape index (κ1) is 10.6. The van der Waals surface area contributed by atoms with Gasteiger partial charge >= 0.3 is 0 Å². The van der Waals surface area contributed by atoms with Crippen LogP contribution in [0.5, 0.6) is 0 Å². The summed E-state index contributed by atoms with van der Waals surface area (Å²) in [6, 6.07) is 2.04. The molecule has 0 unspecified atom stereocenters. The van der Waals surface area contributed by atoms with Gasteiger partial charge in [0, 0.05) is 37.4 Å². The molecule has 0 radical (unpaired) electrons. The van der Waals surface area contributed by atoms with Crippen molar-refractivity contribution in [3.8, 4) is 0 Å². The van der Waals surface area contributed by atoms with E-state index in [2.05, 4.69) is 10.4 Å². The lowest BCUT2D eigenvalue weighted by molar-refractivity contribution is 0.0894. The molecule has 0 amide bonds. The summed E-state index contributed by atoms with van der Waals surface area (Å²) in [7, 11) is 1.96. The molecule has 1 heterocycles. The molecule has 0 bridgehead atoms. The molecule has 1 aromatic rings. The SMILES string of the molecule is Cn1nccc1CCNC1(CO)CCC1. The molecule has 0 atom stereocenters. The van der Waals surface area contributed by atoms with Gasteiger partial charge in [0.15, 0.2) is 0 Å². The number of aliphatic hydroxyl groups is 1. The van der Waals surface area contributed by atoms with Gasteiger partial charge in [0.1, 0.15) is 0 Å². The highest BCUT2D eigenvalue weighted by atomic mass is 16.3. The Morgan fingerprint density at radius 1 is 1.60 bits per heavy atom. The highest BCUT2D eigenvalue weighted by Crippen LogP contribution is 2.30. The zero-order chi connectivity index (χ0) is 10.7. The molecule has 1 aromatic heterocycles. The maximum atomic E-state index is 9.27. The zero-order valence-corrected chi connectivity index (χ0v) is 9.24. The molecule has 2 rings (SSSR count). The third-order valence-corrected chi connectivity index (χ3v) is 3.42. The van der Waals surface area contributed by atoms with Crippen LogP contribution in [0.4, 0.5) is 0 Å². The number of rotatable bonds is 5. The van der Waals surface area contributed by atoms with Crippen LogP contribution in [0.25, 0.3) is 0 Å². The van der Waals surface area contributed by atoms with Crippen molar-refractivity contribution in [3.05, 3.63) is 18.0 Å². The molecule has 0 aliphatic heterocycles. The van der Waals surface area contributed by atoms with Crippen molar-refractivity contribution in [1.82, 2.24) is 15.1 Å². The van der Waals surface area contributed by atoms with Crippen molar-refractivity contribution in [3.63, 3.8) is 0 Å². The summed E-state index contributed by atoms with van der Waals surface area (Å²) in [4.78, 5) is 0. The van der Waals surface area contributed by atoms with Crippen molar-refractivity contribution in [1.29, 1.82) is 0 Å². The van der Waals surface area contributed by atoms with Crippen LogP contribution in [0.15, 0.2) is 12.3 Å². The van der Waals surface area contributed by atoms with Crippen LogP contribution < -0.4 is 5.32 Å². The molecule has 4 heteroatoms. The van der Waals surface area contributed by atoms with Gasteiger partial charge in [-0.1, -0.05) is 0 Å². The molecule has 0 saturated heterocycles. The number of aromatic nitrogens is 2. The monoisotopic (exact) mass is 209 g/mol. The van der Waals surface area contributed by atoms with Crippen LogP contribution in [0.1, 0.15) is 25.0 Å². The van der Waals surface area contributed by atoms with Gasteiger partial charge in [-0.25, -0.2) is 0 Å². The summed E-state index contributed by atoms with van der Waals surface area (Å²) >= 11 is 0. The second-order valence-corrected chi connectivity index (χ2v) is 4.41. The van der Waals surface area contributed by atoms with Crippen molar-refractivity contribution < 1.29 is 5.11 Å². The first-order valence-corrected chi connectivity index (χ1v) is 5.59. The first-order valence-electron chi connectivity index (χ1n) is 5.59. The van der Waals surface area contributed by atoms with Crippen LogP contribution in [0.2, 0.25) is 0 Å². The molecule has 4 nitrogen and oxygen atoms in total. The predicted octanol–water partition coefficient (Wildman–Crippen LogP) is 0.467. The third kappa shape index (κ3) is 2.21. The highest BCUT2D eigenvalue weighted by molar-refractivity contribution is 5.02. The minimum Gasteiger partial charge on any atom is -0.394 e. The van der Waals surface area contributed by atoms with E-state index in [4.69, 9.17) is 0 Å². The molecular formula is C11H19N3O. The van der Waals surface area contributed by atoms with Crippen molar-refractivity contribution in [2.24, 2.45) is 7.05 Å². The minimum atomic E-state index is 0.0264. The first-order chi connectivity index (χ1) is 7.26. The Morgan fingerprint density at radius 2 is 2.40 bits per heavy atom. The van der Waals surface area contributed by atoms with E-state index in [0.717, 1.165) is 25.8 Å². The maximum absolute atomic E-state index is 9.27. The summed E-state index contributed by atoms with van der Waals surface area (Å²) in [5.74, 6) is 0. The summed E-state index contributed by atoms with van der Waals surface area (Å²) in [6.07, 6.45) is 6.24. The normalized spacial score (nSPS) is 18.8. The average Bonchev–Trinajstić information content (AvgIpc) is 2.57. The van der Waals surface area contributed by atoms with Gasteiger partial charge in [-0.15, -0.1) is 0 Å². The lowest BCUT2D eigenvalue weighted by Gasteiger charge is -2.41. The summed E-state index contributed by atoms with van der Waals surface area (Å²) < 4.78 is 1.90. The van der Waals surface area contributed by atoms with Crippen LogP contribution >= 0.6 is 0 Å². The van der Waals surface area contributed by atoms with Crippen molar-refractivity contribution >= 4 is 0 Å². The molecule has 0 aromatic carbocycles. The molecule has 1 fully saturated rings. The lowest BCUT2D eigenvalue weighted by atomic mass is 9.77. The Morgan fingerprint density at radius 3 is 2.87 bits per heavy atom. The van der Waals surface area contributed by atoms with Crippen molar-refractivity contribution in [2.75, 3.05) is 13.2 Å². The molecule has 2 N–H and O–H groups in total. The molecule has 0 spiro atoms.